The van der Waals surface area contributed by atoms with Crippen molar-refractivity contribution in [3.05, 3.63) is 89.9 Å². The van der Waals surface area contributed by atoms with Crippen molar-refractivity contribution in [3.8, 4) is 0 Å². The molecule has 1 atom stereocenters. The van der Waals surface area contributed by atoms with E-state index in [4.69, 9.17) is 0 Å². The Morgan fingerprint density at radius 3 is 2.82 bits per heavy atom. The fourth-order valence-corrected chi connectivity index (χ4v) is 3.37. The molecule has 6 heteroatoms. The van der Waals surface area contributed by atoms with E-state index in [-0.39, 0.29) is 11.9 Å². The van der Waals surface area contributed by atoms with Crippen LogP contribution < -0.4 is 15.5 Å². The van der Waals surface area contributed by atoms with Crippen molar-refractivity contribution >= 4 is 11.7 Å². The van der Waals surface area contributed by atoms with Crippen LogP contribution in [0.25, 0.3) is 0 Å². The van der Waals surface area contributed by atoms with E-state index >= 15 is 0 Å². The van der Waals surface area contributed by atoms with Gasteiger partial charge < -0.3 is 15.5 Å². The molecule has 1 fully saturated rings. The number of hydrogen-bond acceptors (Lipinski definition) is 5. The highest BCUT2D eigenvalue weighted by atomic mass is 16.1. The number of pyridine rings is 2. The Bertz CT molecular complexity index is 916. The molecule has 1 aromatic carbocycles. The molecule has 1 saturated heterocycles. The topological polar surface area (TPSA) is 70.2 Å². The molecule has 3 heterocycles. The van der Waals surface area contributed by atoms with Crippen LogP contribution in [0, 0.1) is 0 Å². The molecule has 28 heavy (non-hydrogen) atoms. The van der Waals surface area contributed by atoms with Crippen LogP contribution >= 0.6 is 0 Å². The maximum atomic E-state index is 12.5. The van der Waals surface area contributed by atoms with Crippen molar-refractivity contribution in [2.24, 2.45) is 0 Å². The highest BCUT2D eigenvalue weighted by molar-refractivity contribution is 5.92. The van der Waals surface area contributed by atoms with Crippen molar-refractivity contribution in [2.45, 2.75) is 12.6 Å². The van der Waals surface area contributed by atoms with Crippen molar-refractivity contribution in [1.29, 1.82) is 0 Å². The van der Waals surface area contributed by atoms with E-state index in [0.717, 1.165) is 31.0 Å². The van der Waals surface area contributed by atoms with Crippen molar-refractivity contribution < 1.29 is 4.79 Å². The molecule has 4 rings (SSSR count). The van der Waals surface area contributed by atoms with Crippen LogP contribution in [0.3, 0.4) is 0 Å². The minimum absolute atomic E-state index is 0.180. The van der Waals surface area contributed by atoms with E-state index in [0.29, 0.717) is 12.2 Å². The number of nitrogens with one attached hydrogen (secondary N) is 2. The standard InChI is InChI=1S/C22H23N5O/c28-22(25-15-17-6-5-11-23-14-17)19-9-4-10-21(26-19)27-13-12-24-20(16-27)18-7-2-1-3-8-18/h1-11,14,20,24H,12-13,15-16H2,(H,25,28). The number of benzene rings is 1. The summed E-state index contributed by atoms with van der Waals surface area (Å²) in [6.07, 6.45) is 3.46. The Hall–Kier alpha value is -3.25. The summed E-state index contributed by atoms with van der Waals surface area (Å²) in [6, 6.07) is 20.1. The first-order valence-corrected chi connectivity index (χ1v) is 9.47. The number of carbonyl (C=O) groups is 1. The second-order valence-electron chi connectivity index (χ2n) is 6.79. The minimum Gasteiger partial charge on any atom is -0.353 e. The van der Waals surface area contributed by atoms with Crippen LogP contribution in [-0.4, -0.2) is 35.5 Å². The molecule has 0 radical (unpaired) electrons. The van der Waals surface area contributed by atoms with Gasteiger partial charge in [-0.2, -0.15) is 0 Å². The van der Waals surface area contributed by atoms with Crippen molar-refractivity contribution in [3.63, 3.8) is 0 Å². The summed E-state index contributed by atoms with van der Waals surface area (Å²) in [5.74, 6) is 0.650. The first kappa shape index (κ1) is 18.1. The van der Waals surface area contributed by atoms with Crippen LogP contribution in [0.5, 0.6) is 0 Å². The Balaban J connectivity index is 1.43. The van der Waals surface area contributed by atoms with Gasteiger partial charge in [-0.15, -0.1) is 0 Å². The molecule has 2 aromatic heterocycles. The lowest BCUT2D eigenvalue weighted by Gasteiger charge is -2.34. The molecule has 0 aliphatic carbocycles. The van der Waals surface area contributed by atoms with Gasteiger partial charge in [0.2, 0.25) is 0 Å². The van der Waals surface area contributed by atoms with Crippen molar-refractivity contribution in [2.75, 3.05) is 24.5 Å². The predicted molar refractivity (Wildman–Crippen MR) is 109 cm³/mol. The molecule has 1 aliphatic heterocycles. The third kappa shape index (κ3) is 4.35. The molecule has 1 aliphatic rings. The van der Waals surface area contributed by atoms with Gasteiger partial charge in [0.25, 0.3) is 5.91 Å². The van der Waals surface area contributed by atoms with Crippen LogP contribution in [0.1, 0.15) is 27.7 Å². The van der Waals surface area contributed by atoms with Crippen LogP contribution in [0.4, 0.5) is 5.82 Å². The number of nitrogens with zero attached hydrogens (tertiary/aromatic N) is 3. The molecule has 1 amide bonds. The average Bonchev–Trinajstić information content (AvgIpc) is 2.79. The van der Waals surface area contributed by atoms with Crippen LogP contribution in [-0.2, 0) is 6.54 Å². The van der Waals surface area contributed by atoms with E-state index in [1.807, 2.05) is 30.3 Å². The number of aromatic nitrogens is 2. The fourth-order valence-electron chi connectivity index (χ4n) is 3.37. The van der Waals surface area contributed by atoms with Crippen LogP contribution in [0.15, 0.2) is 73.1 Å². The lowest BCUT2D eigenvalue weighted by molar-refractivity contribution is 0.0946. The summed E-state index contributed by atoms with van der Waals surface area (Å²) in [5, 5.41) is 6.46. The number of piperazine rings is 1. The third-order valence-electron chi connectivity index (χ3n) is 4.84. The number of anilines is 1. The molecular weight excluding hydrogens is 350 g/mol. The molecular formula is C22H23N5O. The summed E-state index contributed by atoms with van der Waals surface area (Å²) in [6.45, 7) is 2.98. The van der Waals surface area contributed by atoms with Gasteiger partial charge in [-0.3, -0.25) is 9.78 Å². The molecule has 1 unspecified atom stereocenters. The van der Waals surface area contributed by atoms with E-state index in [1.165, 1.54) is 5.56 Å². The van der Waals surface area contributed by atoms with Gasteiger partial charge >= 0.3 is 0 Å². The third-order valence-corrected chi connectivity index (χ3v) is 4.84. The van der Waals surface area contributed by atoms with E-state index < -0.39 is 0 Å². The lowest BCUT2D eigenvalue weighted by Crippen LogP contribution is -2.46. The largest absolute Gasteiger partial charge is 0.353 e. The van der Waals surface area contributed by atoms with Gasteiger partial charge in [-0.1, -0.05) is 42.5 Å². The van der Waals surface area contributed by atoms with Gasteiger partial charge in [0.1, 0.15) is 11.5 Å². The maximum Gasteiger partial charge on any atom is 0.270 e. The predicted octanol–water partition coefficient (Wildman–Crippen LogP) is 2.56. The van der Waals surface area contributed by atoms with Gasteiger partial charge in [0.15, 0.2) is 0 Å². The summed E-state index contributed by atoms with van der Waals surface area (Å²) in [4.78, 5) is 23.4. The summed E-state index contributed by atoms with van der Waals surface area (Å²) < 4.78 is 0. The highest BCUT2D eigenvalue weighted by Gasteiger charge is 2.22. The molecule has 0 bridgehead atoms. The summed E-state index contributed by atoms with van der Waals surface area (Å²) >= 11 is 0. The van der Waals surface area contributed by atoms with Crippen molar-refractivity contribution in [1.82, 2.24) is 20.6 Å². The zero-order valence-corrected chi connectivity index (χ0v) is 15.6. The Labute approximate surface area is 164 Å². The van der Waals surface area contributed by atoms with Gasteiger partial charge in [-0.25, -0.2) is 4.98 Å². The highest BCUT2D eigenvalue weighted by Crippen LogP contribution is 2.21. The monoisotopic (exact) mass is 373 g/mol. The number of hydrogen-bond donors (Lipinski definition) is 2. The van der Waals surface area contributed by atoms with E-state index in [2.05, 4.69) is 49.8 Å². The molecule has 6 nitrogen and oxygen atoms in total. The summed E-state index contributed by atoms with van der Waals surface area (Å²) in [7, 11) is 0. The SMILES string of the molecule is O=C(NCc1cccnc1)c1cccc(N2CCNC(c3ccccc3)C2)n1. The van der Waals surface area contributed by atoms with E-state index in [9.17, 15) is 4.79 Å². The Morgan fingerprint density at radius 1 is 1.11 bits per heavy atom. The Kier molecular flexibility index (Phi) is 5.58. The Morgan fingerprint density at radius 2 is 2.00 bits per heavy atom. The smallest absolute Gasteiger partial charge is 0.270 e. The normalized spacial score (nSPS) is 16.6. The molecule has 142 valence electrons. The number of amides is 1. The van der Waals surface area contributed by atoms with Gasteiger partial charge in [-0.05, 0) is 29.3 Å². The zero-order valence-electron chi connectivity index (χ0n) is 15.6. The molecule has 2 N–H and O–H groups in total. The fraction of sp³-hybridized carbons (Fsp3) is 0.227. The quantitative estimate of drug-likeness (QED) is 0.719. The molecule has 0 spiro atoms. The lowest BCUT2D eigenvalue weighted by atomic mass is 10.0. The second kappa shape index (κ2) is 8.63. The second-order valence-corrected chi connectivity index (χ2v) is 6.79. The number of rotatable bonds is 5. The van der Waals surface area contributed by atoms with Gasteiger partial charge in [0.05, 0.1) is 0 Å². The average molecular weight is 373 g/mol. The zero-order chi connectivity index (χ0) is 19.2. The van der Waals surface area contributed by atoms with Crippen LogP contribution in [0.2, 0.25) is 0 Å². The first-order chi connectivity index (χ1) is 13.8. The number of carbonyl (C=O) groups excluding carboxylic acids is 1. The molecule has 0 saturated carbocycles. The summed E-state index contributed by atoms with van der Waals surface area (Å²) in [5.41, 5.74) is 2.65. The maximum absolute atomic E-state index is 12.5. The minimum atomic E-state index is -0.180. The first-order valence-electron chi connectivity index (χ1n) is 9.47. The molecule has 3 aromatic rings. The van der Waals surface area contributed by atoms with Gasteiger partial charge in [0, 0.05) is 44.6 Å². The van der Waals surface area contributed by atoms with E-state index in [1.54, 1.807) is 18.5 Å².